The van der Waals surface area contributed by atoms with Crippen molar-refractivity contribution >= 4 is 83.7 Å². The lowest BCUT2D eigenvalue weighted by molar-refractivity contribution is -0.00526. The smallest absolute Gasteiger partial charge is 0.333 e. The molecule has 2 aromatic heterocycles. The molecule has 0 N–H and O–H groups in total. The number of fused-ring (bicyclic) bond motifs is 11. The highest BCUT2D eigenvalue weighted by Gasteiger charge is 2.54. The van der Waals surface area contributed by atoms with Gasteiger partial charge in [-0.25, -0.2) is 0 Å². The minimum absolute atomic E-state index is 0.0251. The minimum atomic E-state index is -0.0251. The molecule has 0 atom stereocenters. The van der Waals surface area contributed by atoms with Gasteiger partial charge in [-0.2, -0.15) is 0 Å². The predicted molar refractivity (Wildman–Crippen MR) is 294 cm³/mol. The normalized spacial score (nSPS) is 28.3. The van der Waals surface area contributed by atoms with E-state index in [2.05, 4.69) is 162 Å². The van der Waals surface area contributed by atoms with Gasteiger partial charge < -0.3 is 13.8 Å². The fraction of sp³-hybridized carbons (Fsp3) is 0.313. The van der Waals surface area contributed by atoms with E-state index in [4.69, 9.17) is 4.42 Å². The lowest BCUT2D eigenvalue weighted by atomic mass is 9.42. The zero-order valence-corrected chi connectivity index (χ0v) is 40.7. The molecule has 344 valence electrons. The van der Waals surface area contributed by atoms with Gasteiger partial charge in [-0.3, -0.25) is 0 Å². The summed E-state index contributed by atoms with van der Waals surface area (Å²) in [7, 11) is 0. The summed E-state index contributed by atoms with van der Waals surface area (Å²) in [5, 5.41) is 7.81. The molecule has 3 nitrogen and oxygen atoms in total. The van der Waals surface area contributed by atoms with Crippen LogP contribution >= 0.6 is 0 Å². The van der Waals surface area contributed by atoms with Crippen molar-refractivity contribution in [2.45, 2.75) is 94.8 Å². The van der Waals surface area contributed by atoms with Crippen molar-refractivity contribution in [3.63, 3.8) is 0 Å². The summed E-state index contributed by atoms with van der Waals surface area (Å²) < 4.78 is 9.68. The lowest BCUT2D eigenvalue weighted by Gasteiger charge is -2.57. The molecule has 4 heteroatoms. The maximum atomic E-state index is 6.93. The Labute approximate surface area is 416 Å². The van der Waals surface area contributed by atoms with Gasteiger partial charge in [-0.05, 0) is 246 Å². The Kier molecular flexibility index (Phi) is 7.44. The van der Waals surface area contributed by atoms with Crippen LogP contribution in [0.5, 0.6) is 0 Å². The molecule has 0 spiro atoms. The van der Waals surface area contributed by atoms with Crippen LogP contribution < -0.4 is 15.7 Å². The second-order valence-corrected chi connectivity index (χ2v) is 25.0. The highest BCUT2D eigenvalue weighted by Crippen LogP contribution is 2.63. The van der Waals surface area contributed by atoms with Crippen LogP contribution in [0.3, 0.4) is 0 Å². The maximum absolute atomic E-state index is 6.93. The van der Waals surface area contributed by atoms with Crippen molar-refractivity contribution in [3.8, 4) is 27.9 Å². The molecule has 10 aromatic rings. The molecule has 8 saturated carbocycles. The molecule has 8 bridgehead atoms. The number of rotatable bonds is 4. The summed E-state index contributed by atoms with van der Waals surface area (Å²) in [5.74, 6) is 5.37. The van der Waals surface area contributed by atoms with E-state index in [-0.39, 0.29) is 12.3 Å². The molecule has 8 fully saturated rings. The lowest BCUT2D eigenvalue weighted by Crippen LogP contribution is -2.61. The van der Waals surface area contributed by atoms with Gasteiger partial charge in [0.2, 0.25) is 0 Å². The van der Waals surface area contributed by atoms with E-state index in [1.807, 2.05) is 0 Å². The van der Waals surface area contributed by atoms with Crippen LogP contribution in [-0.4, -0.2) is 11.4 Å². The van der Waals surface area contributed by atoms with E-state index in [0.717, 1.165) is 46.7 Å². The molecule has 0 unspecified atom stereocenters. The standard InChI is InChI=1S/C67H57BN2O/c1-38-17-56-53-31-63-55(54-25-47-9-5-6-10-48(47)26-62(54)71-63)30-60(53)70(51-14-11-46(12-15-51)45-7-3-2-4-8-45)68-58-29-50(67-35-42-22-43(36-67)24-44(23-42)37-67)28-57-52-27-49(66-32-39-19-40(33-66)21-41(20-39)34-66)13-16-59(52)69(65(57)58)61(18-38)64(56)68/h2-18,25-31,39-44H,19-24,32-37H2,1H3. The molecule has 0 amide bonds. The average molecular weight is 917 g/mol. The van der Waals surface area contributed by atoms with Crippen LogP contribution in [0, 0.1) is 42.4 Å². The van der Waals surface area contributed by atoms with Crippen LogP contribution in [0.15, 0.2) is 150 Å². The third-order valence-electron chi connectivity index (χ3n) is 20.8. The maximum Gasteiger partial charge on any atom is 0.333 e. The molecule has 0 saturated heterocycles. The first kappa shape index (κ1) is 39.1. The summed E-state index contributed by atoms with van der Waals surface area (Å²) in [5.41, 5.74) is 21.7. The summed E-state index contributed by atoms with van der Waals surface area (Å²) in [6.45, 7) is 2.30. The molecule has 2 aliphatic heterocycles. The Morgan fingerprint density at radius 1 is 0.479 bits per heavy atom. The van der Waals surface area contributed by atoms with E-state index < -0.39 is 0 Å². The van der Waals surface area contributed by atoms with Gasteiger partial charge in [0.05, 0.1) is 11.0 Å². The number of hydrogen-bond acceptors (Lipinski definition) is 2. The van der Waals surface area contributed by atoms with Gasteiger partial charge in [-0.1, -0.05) is 84.9 Å². The Balaban J connectivity index is 0.938. The van der Waals surface area contributed by atoms with Gasteiger partial charge in [0.15, 0.2) is 0 Å². The predicted octanol–water partition coefficient (Wildman–Crippen LogP) is 16.0. The molecule has 8 aliphatic carbocycles. The Bertz CT molecular complexity index is 3910. The number of benzene rings is 8. The van der Waals surface area contributed by atoms with E-state index in [0.29, 0.717) is 5.41 Å². The van der Waals surface area contributed by atoms with Gasteiger partial charge >= 0.3 is 6.85 Å². The van der Waals surface area contributed by atoms with Gasteiger partial charge in [-0.15, -0.1) is 0 Å². The van der Waals surface area contributed by atoms with Crippen LogP contribution in [0.4, 0.5) is 11.4 Å². The van der Waals surface area contributed by atoms with Gasteiger partial charge in [0, 0.05) is 44.2 Å². The highest BCUT2D eigenvalue weighted by atomic mass is 16.3. The highest BCUT2D eigenvalue weighted by molar-refractivity contribution is 6.93. The van der Waals surface area contributed by atoms with Crippen molar-refractivity contribution < 1.29 is 4.42 Å². The molecule has 10 aliphatic rings. The monoisotopic (exact) mass is 916 g/mol. The largest absolute Gasteiger partial charge is 0.456 e. The fourth-order valence-corrected chi connectivity index (χ4v) is 18.9. The summed E-state index contributed by atoms with van der Waals surface area (Å²) in [6, 6.07) is 57.3. The fourth-order valence-electron chi connectivity index (χ4n) is 18.9. The van der Waals surface area contributed by atoms with Gasteiger partial charge in [0.25, 0.3) is 0 Å². The average Bonchev–Trinajstić information content (AvgIpc) is 3.91. The first-order valence-electron chi connectivity index (χ1n) is 27.5. The molecular weight excluding hydrogens is 860 g/mol. The molecular formula is C67H57BN2O. The van der Waals surface area contributed by atoms with Crippen molar-refractivity contribution in [2.75, 3.05) is 4.81 Å². The topological polar surface area (TPSA) is 21.3 Å². The van der Waals surface area contributed by atoms with Crippen molar-refractivity contribution in [1.82, 2.24) is 4.57 Å². The molecule has 71 heavy (non-hydrogen) atoms. The van der Waals surface area contributed by atoms with Crippen LogP contribution in [0.2, 0.25) is 0 Å². The zero-order chi connectivity index (χ0) is 46.1. The number of nitrogens with zero attached hydrogens (tertiary/aromatic N) is 2. The molecule has 4 heterocycles. The van der Waals surface area contributed by atoms with E-state index in [9.17, 15) is 0 Å². The van der Waals surface area contributed by atoms with Crippen LogP contribution in [-0.2, 0) is 10.8 Å². The van der Waals surface area contributed by atoms with Crippen molar-refractivity contribution in [2.24, 2.45) is 35.5 Å². The molecule has 0 radical (unpaired) electrons. The summed E-state index contributed by atoms with van der Waals surface area (Å²) >= 11 is 0. The van der Waals surface area contributed by atoms with E-state index >= 15 is 0 Å². The molecule has 20 rings (SSSR count). The number of furan rings is 1. The SMILES string of the molecule is Cc1cc2c3c(c1)-n1c4ccc(C56CC7CC(CC(C7)C5)C6)cc4c4cc(C56CC7CC(CC(C7)C5)C6)cc(c41)B3N(c1ccc(-c3ccccc3)cc1)c1cc3c(cc1-2)oc1cc2ccccc2cc13. The Morgan fingerprint density at radius 3 is 1.76 bits per heavy atom. The first-order chi connectivity index (χ1) is 34.9. The van der Waals surface area contributed by atoms with E-state index in [1.54, 1.807) is 11.1 Å². The number of anilines is 2. The number of aromatic nitrogens is 1. The van der Waals surface area contributed by atoms with Crippen molar-refractivity contribution in [1.29, 1.82) is 0 Å². The van der Waals surface area contributed by atoms with Crippen molar-refractivity contribution in [3.05, 3.63) is 162 Å². The van der Waals surface area contributed by atoms with Crippen LogP contribution in [0.25, 0.3) is 82.5 Å². The second-order valence-electron chi connectivity index (χ2n) is 25.0. The first-order valence-corrected chi connectivity index (χ1v) is 27.5. The van der Waals surface area contributed by atoms with E-state index in [1.165, 1.54) is 176 Å². The Morgan fingerprint density at radius 2 is 1.07 bits per heavy atom. The third-order valence-corrected chi connectivity index (χ3v) is 20.8. The summed E-state index contributed by atoms with van der Waals surface area (Å²) in [4.78, 5) is 2.77. The molecule has 8 aromatic carbocycles. The second kappa shape index (κ2) is 13.5. The number of hydrogen-bond donors (Lipinski definition) is 0. The number of aryl methyl sites for hydroxylation is 1. The quantitative estimate of drug-likeness (QED) is 0.164. The summed E-state index contributed by atoms with van der Waals surface area (Å²) in [6.07, 6.45) is 17.1. The Hall–Kier alpha value is -6.52. The minimum Gasteiger partial charge on any atom is -0.456 e. The third kappa shape index (κ3) is 5.27. The van der Waals surface area contributed by atoms with Gasteiger partial charge in [0.1, 0.15) is 11.2 Å². The zero-order valence-electron chi connectivity index (χ0n) is 40.7. The van der Waals surface area contributed by atoms with Crippen LogP contribution in [0.1, 0.15) is 93.7 Å².